The van der Waals surface area contributed by atoms with Gasteiger partial charge in [-0.3, -0.25) is 9.59 Å². The first-order valence-corrected chi connectivity index (χ1v) is 5.37. The van der Waals surface area contributed by atoms with Crippen molar-refractivity contribution in [3.05, 3.63) is 0 Å². The zero-order chi connectivity index (χ0) is 11.0. The molecule has 0 saturated heterocycles. The van der Waals surface area contributed by atoms with Gasteiger partial charge >= 0.3 is 6.04 Å². The molecule has 1 atom stereocenters. The summed E-state index contributed by atoms with van der Waals surface area (Å²) < 4.78 is 12.1. The number of carbonyl (C=O) groups excluding carboxylic acids is 2. The Morgan fingerprint density at radius 1 is 1.14 bits per heavy atom. The number of Topliss-reactive ketones (excluding diaryl/α,β-unsaturated/α-hetero) is 1. The van der Waals surface area contributed by atoms with Crippen LogP contribution in [0.15, 0.2) is 0 Å². The molecule has 0 aromatic heterocycles. The normalized spacial score (nSPS) is 12.5. The van der Waals surface area contributed by atoms with Crippen molar-refractivity contribution in [1.29, 1.82) is 0 Å². The average molecular weight is 202 g/mol. The highest BCUT2D eigenvalue weighted by atomic mass is 19.1. The molecule has 1 unspecified atom stereocenters. The van der Waals surface area contributed by atoms with Crippen LogP contribution in [0.3, 0.4) is 0 Å². The lowest BCUT2D eigenvalue weighted by atomic mass is 9.94. The van der Waals surface area contributed by atoms with E-state index in [1.54, 1.807) is 0 Å². The summed E-state index contributed by atoms with van der Waals surface area (Å²) in [6.07, 6.45) is 5.43. The van der Waals surface area contributed by atoms with E-state index in [2.05, 4.69) is 6.92 Å². The van der Waals surface area contributed by atoms with Crippen LogP contribution >= 0.6 is 0 Å². The summed E-state index contributed by atoms with van der Waals surface area (Å²) >= 11 is 0. The van der Waals surface area contributed by atoms with Crippen molar-refractivity contribution in [2.75, 3.05) is 0 Å². The first kappa shape index (κ1) is 13.3. The second-order valence-electron chi connectivity index (χ2n) is 3.59. The van der Waals surface area contributed by atoms with Crippen molar-refractivity contribution in [1.82, 2.24) is 0 Å². The summed E-state index contributed by atoms with van der Waals surface area (Å²) in [5.41, 5.74) is 0. The second-order valence-corrected chi connectivity index (χ2v) is 3.59. The Morgan fingerprint density at radius 3 is 2.21 bits per heavy atom. The molecule has 0 heterocycles. The molecule has 0 rings (SSSR count). The molecular formula is C11H19FO2. The molecule has 0 aromatic carbocycles. The number of halogens is 1. The van der Waals surface area contributed by atoms with Crippen LogP contribution in [-0.4, -0.2) is 11.8 Å². The van der Waals surface area contributed by atoms with E-state index >= 15 is 0 Å². The molecule has 3 heteroatoms. The lowest BCUT2D eigenvalue weighted by Crippen LogP contribution is -2.20. The van der Waals surface area contributed by atoms with Gasteiger partial charge in [0, 0.05) is 5.92 Å². The average Bonchev–Trinajstić information content (AvgIpc) is 2.17. The molecule has 2 nitrogen and oxygen atoms in total. The lowest BCUT2D eigenvalue weighted by molar-refractivity contribution is -0.145. The van der Waals surface area contributed by atoms with Crippen molar-refractivity contribution in [2.24, 2.45) is 5.92 Å². The quantitative estimate of drug-likeness (QED) is 0.344. The minimum atomic E-state index is -1.78. The van der Waals surface area contributed by atoms with Crippen LogP contribution in [-0.2, 0) is 9.59 Å². The third kappa shape index (κ3) is 5.10. The molecule has 0 saturated carbocycles. The maximum Gasteiger partial charge on any atom is 0.367 e. The highest BCUT2D eigenvalue weighted by Crippen LogP contribution is 2.15. The van der Waals surface area contributed by atoms with Crippen molar-refractivity contribution in [3.63, 3.8) is 0 Å². The number of carbonyl (C=O) groups is 2. The Labute approximate surface area is 84.9 Å². The molecule has 14 heavy (non-hydrogen) atoms. The maximum absolute atomic E-state index is 12.1. The van der Waals surface area contributed by atoms with Gasteiger partial charge in [0.1, 0.15) is 0 Å². The van der Waals surface area contributed by atoms with E-state index in [1.165, 1.54) is 0 Å². The molecule has 0 aliphatic rings. The van der Waals surface area contributed by atoms with Crippen LogP contribution in [0.4, 0.5) is 4.39 Å². The first-order valence-electron chi connectivity index (χ1n) is 5.37. The first-order chi connectivity index (χ1) is 6.63. The topological polar surface area (TPSA) is 34.1 Å². The van der Waals surface area contributed by atoms with Gasteiger partial charge < -0.3 is 0 Å². The van der Waals surface area contributed by atoms with E-state index in [1.807, 2.05) is 6.92 Å². The summed E-state index contributed by atoms with van der Waals surface area (Å²) in [5, 5.41) is 0. The van der Waals surface area contributed by atoms with Crippen LogP contribution in [0.25, 0.3) is 0 Å². The van der Waals surface area contributed by atoms with Gasteiger partial charge in [0.25, 0.3) is 0 Å². The fourth-order valence-electron chi connectivity index (χ4n) is 1.50. The van der Waals surface area contributed by atoms with Crippen molar-refractivity contribution >= 4 is 11.8 Å². The van der Waals surface area contributed by atoms with E-state index in [0.29, 0.717) is 12.8 Å². The molecule has 0 bridgehead atoms. The SMILES string of the molecule is CCCCCCC(CC)C(=O)C(=O)F. The van der Waals surface area contributed by atoms with Crippen molar-refractivity contribution in [3.8, 4) is 0 Å². The van der Waals surface area contributed by atoms with Gasteiger partial charge in [-0.2, -0.15) is 4.39 Å². The number of hydrogen-bond donors (Lipinski definition) is 0. The smallest absolute Gasteiger partial charge is 0.287 e. The Morgan fingerprint density at radius 2 is 1.79 bits per heavy atom. The Balaban J connectivity index is 3.79. The van der Waals surface area contributed by atoms with E-state index < -0.39 is 17.7 Å². The fourth-order valence-corrected chi connectivity index (χ4v) is 1.50. The van der Waals surface area contributed by atoms with Gasteiger partial charge in [0.15, 0.2) is 0 Å². The number of ketones is 1. The van der Waals surface area contributed by atoms with Gasteiger partial charge in [-0.15, -0.1) is 0 Å². The number of rotatable bonds is 8. The summed E-state index contributed by atoms with van der Waals surface area (Å²) in [6.45, 7) is 3.92. The molecule has 0 aromatic rings. The van der Waals surface area contributed by atoms with Crippen LogP contribution < -0.4 is 0 Å². The number of unbranched alkanes of at least 4 members (excludes halogenated alkanes) is 3. The summed E-state index contributed by atoms with van der Waals surface area (Å²) in [4.78, 5) is 21.2. The molecule has 0 radical (unpaired) electrons. The summed E-state index contributed by atoms with van der Waals surface area (Å²) in [7, 11) is 0. The standard InChI is InChI=1S/C11H19FO2/c1-3-5-6-7-8-9(4-2)10(13)11(12)14/h9H,3-8H2,1-2H3. The lowest BCUT2D eigenvalue weighted by Gasteiger charge is -2.09. The highest BCUT2D eigenvalue weighted by molar-refractivity contribution is 6.33. The summed E-state index contributed by atoms with van der Waals surface area (Å²) in [5.74, 6) is -1.24. The van der Waals surface area contributed by atoms with Crippen LogP contribution in [0.1, 0.15) is 52.4 Å². The third-order valence-corrected chi connectivity index (χ3v) is 2.46. The fraction of sp³-hybridized carbons (Fsp3) is 0.818. The van der Waals surface area contributed by atoms with E-state index in [-0.39, 0.29) is 0 Å². The van der Waals surface area contributed by atoms with E-state index in [0.717, 1.165) is 25.7 Å². The van der Waals surface area contributed by atoms with Crippen molar-refractivity contribution < 1.29 is 14.0 Å². The van der Waals surface area contributed by atoms with Gasteiger partial charge in [0.05, 0.1) is 0 Å². The maximum atomic E-state index is 12.1. The van der Waals surface area contributed by atoms with Crippen molar-refractivity contribution in [2.45, 2.75) is 52.4 Å². The highest BCUT2D eigenvalue weighted by Gasteiger charge is 2.22. The van der Waals surface area contributed by atoms with E-state index in [4.69, 9.17) is 0 Å². The molecule has 0 fully saturated rings. The second kappa shape index (κ2) is 7.65. The molecular weight excluding hydrogens is 183 g/mol. The van der Waals surface area contributed by atoms with Gasteiger partial charge in [-0.05, 0) is 12.8 Å². The molecule has 0 aliphatic heterocycles. The summed E-state index contributed by atoms with van der Waals surface area (Å²) in [6, 6.07) is -1.78. The predicted octanol–water partition coefficient (Wildman–Crippen LogP) is 3.05. The van der Waals surface area contributed by atoms with Crippen LogP contribution in [0.5, 0.6) is 0 Å². The molecule has 0 aliphatic carbocycles. The Bertz CT molecular complexity index is 190. The van der Waals surface area contributed by atoms with Gasteiger partial charge in [-0.1, -0.05) is 39.5 Å². The zero-order valence-corrected chi connectivity index (χ0v) is 9.01. The predicted molar refractivity (Wildman–Crippen MR) is 53.7 cm³/mol. The van der Waals surface area contributed by atoms with E-state index in [9.17, 15) is 14.0 Å². The van der Waals surface area contributed by atoms with Crippen LogP contribution in [0.2, 0.25) is 0 Å². The zero-order valence-electron chi connectivity index (χ0n) is 9.01. The third-order valence-electron chi connectivity index (χ3n) is 2.46. The minimum absolute atomic E-state index is 0.399. The minimum Gasteiger partial charge on any atom is -0.287 e. The molecule has 82 valence electrons. The molecule has 0 spiro atoms. The van der Waals surface area contributed by atoms with Crippen LogP contribution in [0, 0.1) is 5.92 Å². The largest absolute Gasteiger partial charge is 0.367 e. The monoisotopic (exact) mass is 202 g/mol. The number of hydrogen-bond acceptors (Lipinski definition) is 2. The molecule has 0 amide bonds. The Hall–Kier alpha value is -0.730. The molecule has 0 N–H and O–H groups in total. The van der Waals surface area contributed by atoms with Gasteiger partial charge in [-0.25, -0.2) is 0 Å². The Kier molecular flexibility index (Phi) is 7.25. The van der Waals surface area contributed by atoms with Gasteiger partial charge in [0.2, 0.25) is 5.78 Å².